The fourth-order valence-electron chi connectivity index (χ4n) is 1.99. The molecule has 0 aliphatic rings. The molecule has 1 aromatic carbocycles. The minimum Gasteiger partial charge on any atom is -0.307 e. The molecule has 1 aromatic heterocycles. The van der Waals surface area contributed by atoms with Gasteiger partial charge < -0.3 is 5.32 Å². The zero-order chi connectivity index (χ0) is 16.3. The molecule has 2 rings (SSSR count). The number of amides is 2. The van der Waals surface area contributed by atoms with Crippen LogP contribution in [0.4, 0.5) is 10.5 Å². The average molecular weight is 317 g/mol. The predicted octanol–water partition coefficient (Wildman–Crippen LogP) is 2.77. The van der Waals surface area contributed by atoms with Crippen molar-refractivity contribution in [3.8, 4) is 6.07 Å². The van der Waals surface area contributed by atoms with Crippen LogP contribution < -0.4 is 16.3 Å². The lowest BCUT2D eigenvalue weighted by Gasteiger charge is -2.13. The SMILES string of the molecule is Cc1cc(C)n(NC(=O)Nc2cccc(Cl)c2)c(=O)c1C#N. The first-order chi connectivity index (χ1) is 10.4. The Morgan fingerprint density at radius 1 is 1.32 bits per heavy atom. The lowest BCUT2D eigenvalue weighted by molar-refractivity contribution is 0.259. The molecule has 1 heterocycles. The number of nitriles is 1. The van der Waals surface area contributed by atoms with Crippen molar-refractivity contribution < 1.29 is 4.79 Å². The van der Waals surface area contributed by atoms with E-state index in [1.54, 1.807) is 44.2 Å². The zero-order valence-electron chi connectivity index (χ0n) is 12.0. The van der Waals surface area contributed by atoms with Crippen molar-refractivity contribution >= 4 is 23.3 Å². The highest BCUT2D eigenvalue weighted by Crippen LogP contribution is 2.14. The smallest absolute Gasteiger partial charge is 0.307 e. The molecule has 0 aliphatic heterocycles. The number of hydrogen-bond acceptors (Lipinski definition) is 3. The van der Waals surface area contributed by atoms with Crippen LogP contribution >= 0.6 is 11.6 Å². The summed E-state index contributed by atoms with van der Waals surface area (Å²) in [4.78, 5) is 24.1. The topological polar surface area (TPSA) is 86.9 Å². The number of halogens is 1. The van der Waals surface area contributed by atoms with Gasteiger partial charge in [0.2, 0.25) is 0 Å². The highest BCUT2D eigenvalue weighted by molar-refractivity contribution is 6.30. The molecule has 6 nitrogen and oxygen atoms in total. The Morgan fingerprint density at radius 2 is 2.05 bits per heavy atom. The van der Waals surface area contributed by atoms with E-state index in [-0.39, 0.29) is 5.56 Å². The summed E-state index contributed by atoms with van der Waals surface area (Å²) in [6, 6.07) is 9.49. The maximum Gasteiger partial charge on any atom is 0.338 e. The van der Waals surface area contributed by atoms with E-state index in [0.29, 0.717) is 22.0 Å². The minimum absolute atomic E-state index is 0.00587. The van der Waals surface area contributed by atoms with Gasteiger partial charge in [0.1, 0.15) is 11.6 Å². The maximum atomic E-state index is 12.2. The van der Waals surface area contributed by atoms with Crippen molar-refractivity contribution in [2.45, 2.75) is 13.8 Å². The molecule has 0 aliphatic carbocycles. The number of aryl methyl sites for hydroxylation is 2. The maximum absolute atomic E-state index is 12.2. The third-order valence-electron chi connectivity index (χ3n) is 3.00. The van der Waals surface area contributed by atoms with Gasteiger partial charge >= 0.3 is 6.03 Å². The number of anilines is 1. The van der Waals surface area contributed by atoms with E-state index in [4.69, 9.17) is 16.9 Å². The van der Waals surface area contributed by atoms with Gasteiger partial charge in [-0.3, -0.25) is 4.79 Å². The van der Waals surface area contributed by atoms with Crippen LogP contribution in [-0.2, 0) is 0 Å². The summed E-state index contributed by atoms with van der Waals surface area (Å²) in [6.07, 6.45) is 0. The van der Waals surface area contributed by atoms with Crippen LogP contribution in [-0.4, -0.2) is 10.7 Å². The number of hydrogen-bond donors (Lipinski definition) is 2. The van der Waals surface area contributed by atoms with Crippen molar-refractivity contribution in [1.82, 2.24) is 4.68 Å². The van der Waals surface area contributed by atoms with Crippen molar-refractivity contribution in [1.29, 1.82) is 5.26 Å². The van der Waals surface area contributed by atoms with Gasteiger partial charge in [-0.05, 0) is 43.7 Å². The molecule has 2 amide bonds. The Balaban J connectivity index is 2.26. The normalized spacial score (nSPS) is 9.91. The summed E-state index contributed by atoms with van der Waals surface area (Å²) >= 11 is 5.83. The molecule has 7 heteroatoms. The number of rotatable bonds is 2. The van der Waals surface area contributed by atoms with E-state index in [1.807, 2.05) is 6.07 Å². The second kappa shape index (κ2) is 6.33. The number of aromatic nitrogens is 1. The lowest BCUT2D eigenvalue weighted by Crippen LogP contribution is -2.38. The first-order valence-corrected chi connectivity index (χ1v) is 6.77. The van der Waals surface area contributed by atoms with Gasteiger partial charge in [-0.1, -0.05) is 17.7 Å². The average Bonchev–Trinajstić information content (AvgIpc) is 2.43. The summed E-state index contributed by atoms with van der Waals surface area (Å²) in [5, 5.41) is 12.0. The number of benzene rings is 1. The molecular weight excluding hydrogens is 304 g/mol. The summed E-state index contributed by atoms with van der Waals surface area (Å²) < 4.78 is 1.03. The van der Waals surface area contributed by atoms with E-state index in [9.17, 15) is 9.59 Å². The third-order valence-corrected chi connectivity index (χ3v) is 3.23. The molecular formula is C15H13ClN4O2. The molecule has 0 atom stereocenters. The van der Waals surface area contributed by atoms with Crippen molar-refractivity contribution in [3.63, 3.8) is 0 Å². The minimum atomic E-state index is -0.611. The van der Waals surface area contributed by atoms with Crippen molar-refractivity contribution in [3.05, 3.63) is 62.5 Å². The molecule has 2 aromatic rings. The first-order valence-electron chi connectivity index (χ1n) is 6.39. The molecule has 0 bridgehead atoms. The van der Waals surface area contributed by atoms with E-state index in [0.717, 1.165) is 4.68 Å². The third kappa shape index (κ3) is 3.27. The van der Waals surface area contributed by atoms with E-state index in [2.05, 4.69) is 10.7 Å². The van der Waals surface area contributed by atoms with E-state index >= 15 is 0 Å². The Bertz CT molecular complexity index is 836. The Hall–Kier alpha value is -2.78. The molecule has 2 N–H and O–H groups in total. The molecule has 112 valence electrons. The number of nitrogens with one attached hydrogen (secondary N) is 2. The van der Waals surface area contributed by atoms with Gasteiger partial charge in [-0.25, -0.2) is 14.9 Å². The number of urea groups is 1. The van der Waals surface area contributed by atoms with Gasteiger partial charge in [-0.2, -0.15) is 5.26 Å². The van der Waals surface area contributed by atoms with Crippen LogP contribution in [0.15, 0.2) is 35.1 Å². The van der Waals surface area contributed by atoms with Crippen LogP contribution in [0.1, 0.15) is 16.8 Å². The highest BCUT2D eigenvalue weighted by Gasteiger charge is 2.12. The Morgan fingerprint density at radius 3 is 2.68 bits per heavy atom. The van der Waals surface area contributed by atoms with E-state index < -0.39 is 11.6 Å². The molecule has 0 radical (unpaired) electrons. The second-order valence-electron chi connectivity index (χ2n) is 4.67. The van der Waals surface area contributed by atoms with Crippen LogP contribution in [0.3, 0.4) is 0 Å². The summed E-state index contributed by atoms with van der Waals surface area (Å²) in [7, 11) is 0. The molecule has 22 heavy (non-hydrogen) atoms. The number of nitrogens with zero attached hydrogens (tertiary/aromatic N) is 2. The van der Waals surface area contributed by atoms with Gasteiger partial charge in [0, 0.05) is 16.4 Å². The Labute approximate surface area is 131 Å². The quantitative estimate of drug-likeness (QED) is 0.893. The van der Waals surface area contributed by atoms with E-state index in [1.165, 1.54) is 0 Å². The van der Waals surface area contributed by atoms with Crippen molar-refractivity contribution in [2.24, 2.45) is 0 Å². The fraction of sp³-hybridized carbons (Fsp3) is 0.133. The standard InChI is InChI=1S/C15H13ClN4O2/c1-9-6-10(2)20(14(21)13(9)8-17)19-15(22)18-12-5-3-4-11(16)7-12/h3-7H,1-2H3,(H2,18,19,22). The van der Waals surface area contributed by atoms with Crippen LogP contribution in [0, 0.1) is 25.2 Å². The zero-order valence-corrected chi connectivity index (χ0v) is 12.7. The second-order valence-corrected chi connectivity index (χ2v) is 5.11. The molecule has 0 saturated heterocycles. The summed E-state index contributed by atoms with van der Waals surface area (Å²) in [5.41, 5.74) is 3.41. The predicted molar refractivity (Wildman–Crippen MR) is 84.7 cm³/mol. The lowest BCUT2D eigenvalue weighted by atomic mass is 10.1. The van der Waals surface area contributed by atoms with Gasteiger partial charge in [0.25, 0.3) is 5.56 Å². The van der Waals surface area contributed by atoms with Gasteiger partial charge in [-0.15, -0.1) is 0 Å². The molecule has 0 fully saturated rings. The van der Waals surface area contributed by atoms with Crippen LogP contribution in [0.2, 0.25) is 5.02 Å². The highest BCUT2D eigenvalue weighted by atomic mass is 35.5. The first kappa shape index (κ1) is 15.6. The number of carbonyl (C=O) groups excluding carboxylic acids is 1. The molecule has 0 spiro atoms. The van der Waals surface area contributed by atoms with Crippen LogP contribution in [0.5, 0.6) is 0 Å². The molecule has 0 saturated carbocycles. The summed E-state index contributed by atoms with van der Waals surface area (Å²) in [6.45, 7) is 3.33. The van der Waals surface area contributed by atoms with Gasteiger partial charge in [0.05, 0.1) is 0 Å². The number of pyridine rings is 1. The monoisotopic (exact) mass is 316 g/mol. The largest absolute Gasteiger partial charge is 0.338 e. The van der Waals surface area contributed by atoms with Crippen LogP contribution in [0.25, 0.3) is 0 Å². The Kier molecular flexibility index (Phi) is 4.49. The van der Waals surface area contributed by atoms with Crippen molar-refractivity contribution in [2.75, 3.05) is 10.7 Å². The number of carbonyl (C=O) groups is 1. The molecule has 0 unspecified atom stereocenters. The van der Waals surface area contributed by atoms with Gasteiger partial charge in [0.15, 0.2) is 0 Å². The fourth-order valence-corrected chi connectivity index (χ4v) is 2.18. The summed E-state index contributed by atoms with van der Waals surface area (Å²) in [5.74, 6) is 0.